The Morgan fingerprint density at radius 3 is 2.43 bits per heavy atom. The molecule has 2 aromatic rings. The number of nitrogen functional groups attached to an aromatic ring is 1. The van der Waals surface area contributed by atoms with Crippen LogP contribution in [0, 0.1) is 6.92 Å². The van der Waals surface area contributed by atoms with Crippen molar-refractivity contribution in [3.8, 4) is 11.3 Å². The first-order valence-corrected chi connectivity index (χ1v) is 7.95. The average Bonchev–Trinajstić information content (AvgIpc) is 2.83. The fraction of sp³-hybridized carbons (Fsp3) is 0.471. The molecule has 124 valence electrons. The van der Waals surface area contributed by atoms with Gasteiger partial charge in [-0.2, -0.15) is 5.10 Å². The number of alkyl halides is 2. The Morgan fingerprint density at radius 2 is 1.78 bits per heavy atom. The summed E-state index contributed by atoms with van der Waals surface area (Å²) in [5, 5.41) is 4.61. The Morgan fingerprint density at radius 1 is 1.13 bits per heavy atom. The number of hydrogen-bond donors (Lipinski definition) is 1. The lowest BCUT2D eigenvalue weighted by Gasteiger charge is -2.31. The van der Waals surface area contributed by atoms with Crippen molar-refractivity contribution in [1.82, 2.24) is 14.7 Å². The van der Waals surface area contributed by atoms with Crippen LogP contribution in [0.25, 0.3) is 11.3 Å². The minimum atomic E-state index is -2.50. The predicted molar refractivity (Wildman–Crippen MR) is 87.4 cm³/mol. The fourth-order valence-corrected chi connectivity index (χ4v) is 2.95. The van der Waals surface area contributed by atoms with Crippen LogP contribution in [0.3, 0.4) is 0 Å². The Hall–Kier alpha value is -1.95. The van der Waals surface area contributed by atoms with Crippen molar-refractivity contribution in [2.45, 2.75) is 32.2 Å². The second-order valence-electron chi connectivity index (χ2n) is 6.15. The minimum absolute atomic E-state index is 0.0596. The van der Waals surface area contributed by atoms with E-state index in [1.54, 1.807) is 4.68 Å². The van der Waals surface area contributed by atoms with Crippen LogP contribution in [0.2, 0.25) is 0 Å². The topological polar surface area (TPSA) is 47.1 Å². The van der Waals surface area contributed by atoms with E-state index in [0.29, 0.717) is 32.0 Å². The van der Waals surface area contributed by atoms with Crippen molar-refractivity contribution in [3.05, 3.63) is 35.9 Å². The summed E-state index contributed by atoms with van der Waals surface area (Å²) in [6.45, 7) is 4.13. The molecule has 0 amide bonds. The molecule has 2 heterocycles. The van der Waals surface area contributed by atoms with Gasteiger partial charge >= 0.3 is 0 Å². The summed E-state index contributed by atoms with van der Waals surface area (Å²) in [6.07, 6.45) is -0.119. The summed E-state index contributed by atoms with van der Waals surface area (Å²) in [5.74, 6) is -1.86. The molecule has 1 fully saturated rings. The molecule has 0 bridgehead atoms. The lowest BCUT2D eigenvalue weighted by Crippen LogP contribution is -2.40. The maximum atomic E-state index is 13.2. The second kappa shape index (κ2) is 6.28. The van der Waals surface area contributed by atoms with Gasteiger partial charge < -0.3 is 10.6 Å². The molecule has 1 aromatic carbocycles. The molecule has 1 aliphatic heterocycles. The van der Waals surface area contributed by atoms with Crippen LogP contribution < -0.4 is 5.73 Å². The van der Waals surface area contributed by atoms with E-state index in [-0.39, 0.29) is 12.8 Å². The third kappa shape index (κ3) is 3.52. The maximum absolute atomic E-state index is 13.2. The fourth-order valence-electron chi connectivity index (χ4n) is 2.95. The molecule has 0 spiro atoms. The number of halogens is 2. The lowest BCUT2D eigenvalue weighted by atomic mass is 10.1. The first kappa shape index (κ1) is 15.9. The van der Waals surface area contributed by atoms with Gasteiger partial charge in [0.05, 0.1) is 12.2 Å². The van der Waals surface area contributed by atoms with Gasteiger partial charge in [0, 0.05) is 43.6 Å². The highest BCUT2D eigenvalue weighted by Crippen LogP contribution is 2.28. The van der Waals surface area contributed by atoms with Crippen molar-refractivity contribution < 1.29 is 8.78 Å². The number of hydrogen-bond acceptors (Lipinski definition) is 3. The average molecular weight is 320 g/mol. The smallest absolute Gasteiger partial charge is 0.250 e. The van der Waals surface area contributed by atoms with Gasteiger partial charge in [0.2, 0.25) is 0 Å². The van der Waals surface area contributed by atoms with E-state index < -0.39 is 5.92 Å². The van der Waals surface area contributed by atoms with Crippen LogP contribution in [0.1, 0.15) is 18.4 Å². The van der Waals surface area contributed by atoms with Crippen molar-refractivity contribution >= 4 is 5.82 Å². The van der Waals surface area contributed by atoms with Gasteiger partial charge in [0.15, 0.2) is 0 Å². The number of aromatic nitrogens is 2. The molecule has 3 rings (SSSR count). The third-order valence-corrected chi connectivity index (χ3v) is 4.50. The largest absolute Gasteiger partial charge is 0.384 e. The zero-order valence-electron chi connectivity index (χ0n) is 13.3. The van der Waals surface area contributed by atoms with E-state index >= 15 is 0 Å². The molecule has 0 unspecified atom stereocenters. The quantitative estimate of drug-likeness (QED) is 0.941. The molecule has 1 aliphatic rings. The van der Waals surface area contributed by atoms with Crippen LogP contribution in [0.5, 0.6) is 0 Å². The Bertz CT molecular complexity index is 657. The van der Waals surface area contributed by atoms with Gasteiger partial charge in [-0.05, 0) is 6.92 Å². The first-order valence-electron chi connectivity index (χ1n) is 7.95. The SMILES string of the molecule is Cc1c(-c2ccccc2)nn(CCN2CCC(F)(F)CC2)c1N. The summed E-state index contributed by atoms with van der Waals surface area (Å²) < 4.78 is 28.2. The molecule has 6 heteroatoms. The highest BCUT2D eigenvalue weighted by molar-refractivity contribution is 5.67. The Labute approximate surface area is 134 Å². The summed E-state index contributed by atoms with van der Waals surface area (Å²) in [4.78, 5) is 2.05. The minimum Gasteiger partial charge on any atom is -0.384 e. The molecule has 2 N–H and O–H groups in total. The van der Waals surface area contributed by atoms with Crippen LogP contribution >= 0.6 is 0 Å². The highest BCUT2D eigenvalue weighted by Gasteiger charge is 2.33. The number of likely N-dealkylation sites (tertiary alicyclic amines) is 1. The molecule has 4 nitrogen and oxygen atoms in total. The van der Waals surface area contributed by atoms with Crippen molar-refractivity contribution in [2.75, 3.05) is 25.4 Å². The highest BCUT2D eigenvalue weighted by atomic mass is 19.3. The van der Waals surface area contributed by atoms with Gasteiger partial charge in [-0.3, -0.25) is 0 Å². The molecule has 0 atom stereocenters. The van der Waals surface area contributed by atoms with Crippen molar-refractivity contribution in [2.24, 2.45) is 0 Å². The van der Waals surface area contributed by atoms with Crippen molar-refractivity contribution in [1.29, 1.82) is 0 Å². The summed E-state index contributed by atoms with van der Waals surface area (Å²) >= 11 is 0. The van der Waals surface area contributed by atoms with Crippen LogP contribution in [0.15, 0.2) is 30.3 Å². The summed E-state index contributed by atoms with van der Waals surface area (Å²) in [5.41, 5.74) is 9.04. The molecular weight excluding hydrogens is 298 g/mol. The van der Waals surface area contributed by atoms with E-state index in [2.05, 4.69) is 10.00 Å². The van der Waals surface area contributed by atoms with E-state index in [0.717, 1.165) is 16.8 Å². The normalized spacial score (nSPS) is 18.2. The Balaban J connectivity index is 1.67. The number of anilines is 1. The standard InChI is InChI=1S/C17H22F2N4/c1-13-15(14-5-3-2-4-6-14)21-23(16(13)20)12-11-22-9-7-17(18,19)8-10-22/h2-6H,7-12,20H2,1H3. The van der Waals surface area contributed by atoms with E-state index in [4.69, 9.17) is 5.73 Å². The molecule has 0 saturated carbocycles. The molecular formula is C17H22F2N4. The molecule has 0 radical (unpaired) electrons. The van der Waals surface area contributed by atoms with Crippen molar-refractivity contribution in [3.63, 3.8) is 0 Å². The van der Waals surface area contributed by atoms with Gasteiger partial charge in [-0.25, -0.2) is 13.5 Å². The van der Waals surface area contributed by atoms with E-state index in [1.165, 1.54) is 0 Å². The summed E-state index contributed by atoms with van der Waals surface area (Å²) in [6, 6.07) is 9.92. The predicted octanol–water partition coefficient (Wildman–Crippen LogP) is 3.17. The first-order chi connectivity index (χ1) is 11.0. The number of rotatable bonds is 4. The molecule has 0 aliphatic carbocycles. The third-order valence-electron chi connectivity index (χ3n) is 4.50. The zero-order valence-corrected chi connectivity index (χ0v) is 13.3. The molecule has 1 aromatic heterocycles. The summed E-state index contributed by atoms with van der Waals surface area (Å²) in [7, 11) is 0. The number of piperidine rings is 1. The van der Waals surface area contributed by atoms with Gasteiger partial charge in [-0.1, -0.05) is 30.3 Å². The van der Waals surface area contributed by atoms with Gasteiger partial charge in [-0.15, -0.1) is 0 Å². The van der Waals surface area contributed by atoms with Crippen LogP contribution in [-0.2, 0) is 6.54 Å². The molecule has 23 heavy (non-hydrogen) atoms. The van der Waals surface area contributed by atoms with E-state index in [1.807, 2.05) is 37.3 Å². The van der Waals surface area contributed by atoms with Gasteiger partial charge in [0.25, 0.3) is 5.92 Å². The Kier molecular flexibility index (Phi) is 4.35. The second-order valence-corrected chi connectivity index (χ2v) is 6.15. The monoisotopic (exact) mass is 320 g/mol. The zero-order chi connectivity index (χ0) is 16.4. The maximum Gasteiger partial charge on any atom is 0.250 e. The van der Waals surface area contributed by atoms with E-state index in [9.17, 15) is 8.78 Å². The molecule has 1 saturated heterocycles. The lowest BCUT2D eigenvalue weighted by molar-refractivity contribution is -0.0555. The number of benzene rings is 1. The number of nitrogens with zero attached hydrogens (tertiary/aromatic N) is 3. The van der Waals surface area contributed by atoms with Gasteiger partial charge in [0.1, 0.15) is 5.82 Å². The van der Waals surface area contributed by atoms with Crippen LogP contribution in [-0.4, -0.2) is 40.2 Å². The number of nitrogens with two attached hydrogens (primary N) is 1. The van der Waals surface area contributed by atoms with Crippen LogP contribution in [0.4, 0.5) is 14.6 Å².